The molecule has 5 nitrogen and oxygen atoms in total. The number of rotatable bonds is 4. The Morgan fingerprint density at radius 3 is 2.47 bits per heavy atom. The quantitative estimate of drug-likeness (QED) is 0.901. The van der Waals surface area contributed by atoms with Crippen LogP contribution >= 0.6 is 11.6 Å². The highest BCUT2D eigenvalue weighted by Gasteiger charge is 2.07. The number of hydrogen-bond acceptors (Lipinski definition) is 4. The SMILES string of the molecule is CCNc1ccc(C(=O)Nc2ccc(Cl)cn2)cn1. The van der Waals surface area contributed by atoms with Crippen LogP contribution in [0.5, 0.6) is 0 Å². The number of amides is 1. The number of pyridine rings is 2. The van der Waals surface area contributed by atoms with Gasteiger partial charge in [0.2, 0.25) is 0 Å². The zero-order chi connectivity index (χ0) is 13.7. The van der Waals surface area contributed by atoms with Gasteiger partial charge in [-0.05, 0) is 31.2 Å². The molecule has 0 saturated heterocycles. The smallest absolute Gasteiger partial charge is 0.258 e. The summed E-state index contributed by atoms with van der Waals surface area (Å²) in [5.41, 5.74) is 0.471. The van der Waals surface area contributed by atoms with E-state index in [4.69, 9.17) is 11.6 Å². The summed E-state index contributed by atoms with van der Waals surface area (Å²) in [5.74, 6) is 0.930. The lowest BCUT2D eigenvalue weighted by molar-refractivity contribution is 0.102. The van der Waals surface area contributed by atoms with Crippen LogP contribution in [0.4, 0.5) is 11.6 Å². The first-order valence-corrected chi connectivity index (χ1v) is 6.19. The molecule has 0 bridgehead atoms. The molecule has 0 aromatic carbocycles. The van der Waals surface area contributed by atoms with E-state index in [0.717, 1.165) is 12.4 Å². The van der Waals surface area contributed by atoms with Crippen LogP contribution in [-0.4, -0.2) is 22.4 Å². The molecule has 1 amide bonds. The largest absolute Gasteiger partial charge is 0.370 e. The van der Waals surface area contributed by atoms with Crippen molar-refractivity contribution in [2.75, 3.05) is 17.2 Å². The third-order valence-corrected chi connectivity index (χ3v) is 2.58. The van der Waals surface area contributed by atoms with Gasteiger partial charge in [-0.15, -0.1) is 0 Å². The molecule has 2 rings (SSSR count). The van der Waals surface area contributed by atoms with Gasteiger partial charge in [0.15, 0.2) is 0 Å². The molecule has 0 aliphatic carbocycles. The molecule has 2 aromatic rings. The number of nitrogens with zero attached hydrogens (tertiary/aromatic N) is 2. The maximum absolute atomic E-state index is 11.9. The molecule has 6 heteroatoms. The zero-order valence-corrected chi connectivity index (χ0v) is 11.1. The molecule has 2 heterocycles. The van der Waals surface area contributed by atoms with E-state index in [2.05, 4.69) is 20.6 Å². The summed E-state index contributed by atoms with van der Waals surface area (Å²) in [7, 11) is 0. The second-order valence-corrected chi connectivity index (χ2v) is 4.21. The highest BCUT2D eigenvalue weighted by atomic mass is 35.5. The number of hydrogen-bond donors (Lipinski definition) is 2. The molecule has 0 fully saturated rings. The first-order chi connectivity index (χ1) is 9.19. The third kappa shape index (κ3) is 3.66. The van der Waals surface area contributed by atoms with E-state index in [9.17, 15) is 4.79 Å². The number of carbonyl (C=O) groups is 1. The highest BCUT2D eigenvalue weighted by Crippen LogP contribution is 2.11. The molecule has 0 atom stereocenters. The Morgan fingerprint density at radius 2 is 1.89 bits per heavy atom. The van der Waals surface area contributed by atoms with Crippen molar-refractivity contribution in [1.29, 1.82) is 0 Å². The Bertz CT molecular complexity index is 554. The van der Waals surface area contributed by atoms with E-state index in [1.165, 1.54) is 12.4 Å². The van der Waals surface area contributed by atoms with Crippen molar-refractivity contribution in [3.8, 4) is 0 Å². The Morgan fingerprint density at radius 1 is 1.16 bits per heavy atom. The van der Waals surface area contributed by atoms with Gasteiger partial charge in [-0.3, -0.25) is 4.79 Å². The number of carbonyl (C=O) groups excluding carboxylic acids is 1. The van der Waals surface area contributed by atoms with Gasteiger partial charge < -0.3 is 10.6 Å². The van der Waals surface area contributed by atoms with Crippen molar-refractivity contribution in [3.05, 3.63) is 47.2 Å². The van der Waals surface area contributed by atoms with E-state index >= 15 is 0 Å². The summed E-state index contributed by atoms with van der Waals surface area (Å²) < 4.78 is 0. The zero-order valence-electron chi connectivity index (χ0n) is 10.4. The monoisotopic (exact) mass is 276 g/mol. The minimum Gasteiger partial charge on any atom is -0.370 e. The van der Waals surface area contributed by atoms with Crippen LogP contribution in [0.25, 0.3) is 0 Å². The Kier molecular flexibility index (Phi) is 4.30. The lowest BCUT2D eigenvalue weighted by Gasteiger charge is -2.05. The topological polar surface area (TPSA) is 66.9 Å². The predicted molar refractivity (Wildman–Crippen MR) is 75.6 cm³/mol. The number of halogens is 1. The van der Waals surface area contributed by atoms with Gasteiger partial charge in [-0.2, -0.15) is 0 Å². The predicted octanol–water partition coefficient (Wildman–Crippen LogP) is 2.81. The van der Waals surface area contributed by atoms with Gasteiger partial charge in [0.25, 0.3) is 5.91 Å². The van der Waals surface area contributed by atoms with Crippen molar-refractivity contribution >= 4 is 29.1 Å². The van der Waals surface area contributed by atoms with Gasteiger partial charge in [0.1, 0.15) is 11.6 Å². The van der Waals surface area contributed by atoms with Gasteiger partial charge in [-0.1, -0.05) is 11.6 Å². The molecule has 98 valence electrons. The molecular formula is C13H13ClN4O. The summed E-state index contributed by atoms with van der Waals surface area (Å²) in [6, 6.07) is 6.77. The average Bonchev–Trinajstić information content (AvgIpc) is 2.42. The lowest BCUT2D eigenvalue weighted by atomic mass is 10.2. The van der Waals surface area contributed by atoms with Crippen LogP contribution in [-0.2, 0) is 0 Å². The summed E-state index contributed by atoms with van der Waals surface area (Å²) in [5, 5.41) is 6.25. The van der Waals surface area contributed by atoms with Gasteiger partial charge in [0.05, 0.1) is 10.6 Å². The van der Waals surface area contributed by atoms with E-state index < -0.39 is 0 Å². The summed E-state index contributed by atoms with van der Waals surface area (Å²) in [4.78, 5) is 20.0. The second kappa shape index (κ2) is 6.15. The Labute approximate surface area is 116 Å². The Hall–Kier alpha value is -2.14. The van der Waals surface area contributed by atoms with Crippen LogP contribution in [0, 0.1) is 0 Å². The summed E-state index contributed by atoms with van der Waals surface area (Å²) in [6.45, 7) is 2.77. The first-order valence-electron chi connectivity index (χ1n) is 5.82. The van der Waals surface area contributed by atoms with E-state index in [-0.39, 0.29) is 5.91 Å². The molecule has 0 aliphatic heterocycles. The van der Waals surface area contributed by atoms with Gasteiger partial charge in [-0.25, -0.2) is 9.97 Å². The maximum atomic E-state index is 11.9. The molecule has 2 N–H and O–H groups in total. The molecule has 0 spiro atoms. The van der Waals surface area contributed by atoms with Crippen molar-refractivity contribution in [3.63, 3.8) is 0 Å². The first kappa shape index (κ1) is 13.3. The average molecular weight is 277 g/mol. The van der Waals surface area contributed by atoms with E-state index in [0.29, 0.717) is 16.4 Å². The fraction of sp³-hybridized carbons (Fsp3) is 0.154. The van der Waals surface area contributed by atoms with Crippen molar-refractivity contribution < 1.29 is 4.79 Å². The molecule has 0 saturated carbocycles. The fourth-order valence-electron chi connectivity index (χ4n) is 1.45. The standard InChI is InChI=1S/C13H13ClN4O/c1-2-15-11-5-3-9(7-16-11)13(19)18-12-6-4-10(14)8-17-12/h3-8H,2H2,1H3,(H,15,16)(H,17,18,19). The fourth-order valence-corrected chi connectivity index (χ4v) is 1.56. The highest BCUT2D eigenvalue weighted by molar-refractivity contribution is 6.30. The number of aromatic nitrogens is 2. The minimum absolute atomic E-state index is 0.259. The molecule has 0 aliphatic rings. The summed E-state index contributed by atoms with van der Waals surface area (Å²) >= 11 is 5.72. The molecular weight excluding hydrogens is 264 g/mol. The normalized spacial score (nSPS) is 10.0. The maximum Gasteiger partial charge on any atom is 0.258 e. The van der Waals surface area contributed by atoms with Crippen LogP contribution in [0.15, 0.2) is 36.7 Å². The van der Waals surface area contributed by atoms with Gasteiger partial charge in [0, 0.05) is 18.9 Å². The van der Waals surface area contributed by atoms with Crippen LogP contribution in [0.2, 0.25) is 5.02 Å². The lowest BCUT2D eigenvalue weighted by Crippen LogP contribution is -2.13. The van der Waals surface area contributed by atoms with Crippen LogP contribution in [0.3, 0.4) is 0 Å². The minimum atomic E-state index is -0.259. The molecule has 0 unspecified atom stereocenters. The molecule has 0 radical (unpaired) electrons. The third-order valence-electron chi connectivity index (χ3n) is 2.35. The molecule has 19 heavy (non-hydrogen) atoms. The Balaban J connectivity index is 2.05. The number of nitrogens with one attached hydrogen (secondary N) is 2. The van der Waals surface area contributed by atoms with Crippen LogP contribution < -0.4 is 10.6 Å². The van der Waals surface area contributed by atoms with Gasteiger partial charge >= 0.3 is 0 Å². The van der Waals surface area contributed by atoms with Crippen molar-refractivity contribution in [1.82, 2.24) is 9.97 Å². The summed E-state index contributed by atoms with van der Waals surface area (Å²) in [6.07, 6.45) is 2.99. The number of anilines is 2. The second-order valence-electron chi connectivity index (χ2n) is 3.78. The molecule has 2 aromatic heterocycles. The van der Waals surface area contributed by atoms with Crippen molar-refractivity contribution in [2.24, 2.45) is 0 Å². The van der Waals surface area contributed by atoms with Crippen molar-refractivity contribution in [2.45, 2.75) is 6.92 Å². The van der Waals surface area contributed by atoms with E-state index in [1.54, 1.807) is 24.3 Å². The van der Waals surface area contributed by atoms with Crippen LogP contribution in [0.1, 0.15) is 17.3 Å². The van der Waals surface area contributed by atoms with E-state index in [1.807, 2.05) is 6.92 Å².